The zero-order chi connectivity index (χ0) is 22.9. The molecule has 3 atom stereocenters. The van der Waals surface area contributed by atoms with Crippen LogP contribution in [0.5, 0.6) is 0 Å². The highest BCUT2D eigenvalue weighted by Gasteiger charge is 2.39. The van der Waals surface area contributed by atoms with Crippen molar-refractivity contribution in [3.05, 3.63) is 36.0 Å². The van der Waals surface area contributed by atoms with Crippen LogP contribution in [0.3, 0.4) is 0 Å². The molecule has 0 radical (unpaired) electrons. The second-order valence-corrected chi connectivity index (χ2v) is 9.54. The number of aromatic nitrogens is 4. The number of carbonyl (C=O) groups is 2. The lowest BCUT2D eigenvalue weighted by Crippen LogP contribution is -2.41. The van der Waals surface area contributed by atoms with E-state index in [2.05, 4.69) is 34.1 Å². The minimum Gasteiger partial charge on any atom is -0.383 e. The number of hydrogen-bond donors (Lipinski definition) is 1. The molecule has 0 aromatic carbocycles. The fourth-order valence-electron chi connectivity index (χ4n) is 4.67. The number of carbonyl (C=O) groups excluding carboxylic acids is 2. The van der Waals surface area contributed by atoms with Gasteiger partial charge in [0.1, 0.15) is 5.69 Å². The predicted octanol–water partition coefficient (Wildman–Crippen LogP) is 1.95. The van der Waals surface area contributed by atoms with Crippen LogP contribution in [0.1, 0.15) is 50.9 Å². The Morgan fingerprint density at radius 3 is 2.84 bits per heavy atom. The molecule has 0 saturated carbocycles. The van der Waals surface area contributed by atoms with Crippen molar-refractivity contribution in [1.82, 2.24) is 30.2 Å². The van der Waals surface area contributed by atoms with Gasteiger partial charge in [-0.3, -0.25) is 14.6 Å². The Morgan fingerprint density at radius 1 is 1.31 bits per heavy atom. The third-order valence-electron chi connectivity index (χ3n) is 6.26. The first kappa shape index (κ1) is 22.3. The highest BCUT2D eigenvalue weighted by molar-refractivity contribution is 5.89. The first-order chi connectivity index (χ1) is 15.3. The summed E-state index contributed by atoms with van der Waals surface area (Å²) in [5.41, 5.74) is 2.43. The zero-order valence-electron chi connectivity index (χ0n) is 19.0. The molecule has 2 aliphatic rings. The molecular weight excluding hydrogens is 408 g/mol. The van der Waals surface area contributed by atoms with Crippen LogP contribution >= 0.6 is 0 Å². The van der Waals surface area contributed by atoms with Crippen molar-refractivity contribution in [1.29, 1.82) is 0 Å². The lowest BCUT2D eigenvalue weighted by atomic mass is 9.74. The van der Waals surface area contributed by atoms with E-state index in [9.17, 15) is 9.59 Å². The van der Waals surface area contributed by atoms with Crippen LogP contribution < -0.4 is 5.32 Å². The lowest BCUT2D eigenvalue weighted by Gasteiger charge is -2.37. The molecule has 170 valence electrons. The largest absolute Gasteiger partial charge is 0.383 e. The number of fused-ring (bicyclic) bond motifs is 1. The monoisotopic (exact) mass is 438 g/mol. The fourth-order valence-corrected chi connectivity index (χ4v) is 4.67. The Hall–Kier alpha value is -2.94. The number of nitrogens with zero attached hydrogens (tertiary/aromatic N) is 5. The second kappa shape index (κ2) is 8.90. The molecule has 3 heterocycles. The van der Waals surface area contributed by atoms with Crippen LogP contribution in [0, 0.1) is 11.3 Å². The minimum atomic E-state index is -0.366. The summed E-state index contributed by atoms with van der Waals surface area (Å²) >= 11 is 0. The van der Waals surface area contributed by atoms with E-state index in [1.165, 1.54) is 0 Å². The van der Waals surface area contributed by atoms with Gasteiger partial charge in [-0.15, -0.1) is 0 Å². The van der Waals surface area contributed by atoms with Gasteiger partial charge in [0.2, 0.25) is 11.8 Å². The predicted molar refractivity (Wildman–Crippen MR) is 117 cm³/mol. The average molecular weight is 439 g/mol. The van der Waals surface area contributed by atoms with Gasteiger partial charge in [-0.2, -0.15) is 0 Å². The van der Waals surface area contributed by atoms with Crippen LogP contribution in [0.25, 0.3) is 11.5 Å². The van der Waals surface area contributed by atoms with Gasteiger partial charge >= 0.3 is 0 Å². The van der Waals surface area contributed by atoms with Gasteiger partial charge in [0.25, 0.3) is 0 Å². The van der Waals surface area contributed by atoms with Crippen molar-refractivity contribution >= 4 is 11.8 Å². The van der Waals surface area contributed by atoms with Crippen molar-refractivity contribution in [2.75, 3.05) is 20.3 Å². The SMILES string of the molecule is COC[C@H](C)N1C[C@@H](C(=O)N[C@H]2CC(C)(C)Cc3nc(-c4cnccn4)ncc32)CC1=O. The van der Waals surface area contributed by atoms with E-state index in [1.807, 2.05) is 6.92 Å². The third-order valence-corrected chi connectivity index (χ3v) is 6.26. The molecule has 1 saturated heterocycles. The van der Waals surface area contributed by atoms with Gasteiger partial charge in [0, 0.05) is 44.2 Å². The highest BCUT2D eigenvalue weighted by Crippen LogP contribution is 2.40. The first-order valence-electron chi connectivity index (χ1n) is 11.0. The van der Waals surface area contributed by atoms with E-state index >= 15 is 0 Å². The quantitative estimate of drug-likeness (QED) is 0.734. The average Bonchev–Trinajstić information content (AvgIpc) is 3.15. The molecule has 9 heteroatoms. The lowest BCUT2D eigenvalue weighted by molar-refractivity contribution is -0.131. The summed E-state index contributed by atoms with van der Waals surface area (Å²) in [7, 11) is 1.61. The number of ether oxygens (including phenoxy) is 1. The van der Waals surface area contributed by atoms with E-state index in [4.69, 9.17) is 9.72 Å². The summed E-state index contributed by atoms with van der Waals surface area (Å²) < 4.78 is 5.17. The summed E-state index contributed by atoms with van der Waals surface area (Å²) in [6, 6.07) is -0.245. The van der Waals surface area contributed by atoms with E-state index < -0.39 is 0 Å². The van der Waals surface area contributed by atoms with Crippen LogP contribution in [-0.4, -0.2) is 63.0 Å². The van der Waals surface area contributed by atoms with E-state index in [-0.39, 0.29) is 41.7 Å². The Morgan fingerprint density at radius 2 is 2.12 bits per heavy atom. The number of hydrogen-bond acceptors (Lipinski definition) is 7. The van der Waals surface area contributed by atoms with Crippen molar-refractivity contribution in [3.8, 4) is 11.5 Å². The van der Waals surface area contributed by atoms with Crippen molar-refractivity contribution in [2.45, 2.75) is 52.1 Å². The van der Waals surface area contributed by atoms with Crippen molar-refractivity contribution < 1.29 is 14.3 Å². The van der Waals surface area contributed by atoms with Gasteiger partial charge in [0.15, 0.2) is 5.82 Å². The van der Waals surface area contributed by atoms with Crippen LogP contribution in [0.2, 0.25) is 0 Å². The van der Waals surface area contributed by atoms with E-state index in [0.717, 1.165) is 24.1 Å². The summed E-state index contributed by atoms with van der Waals surface area (Å²) in [6.07, 6.45) is 8.46. The summed E-state index contributed by atoms with van der Waals surface area (Å²) in [5, 5.41) is 3.19. The molecule has 0 spiro atoms. The molecule has 1 aliphatic heterocycles. The van der Waals surface area contributed by atoms with E-state index in [1.54, 1.807) is 36.8 Å². The maximum atomic E-state index is 13.1. The standard InChI is InChI=1S/C23H30N6O3/c1-14(13-32-4)29-12-15(7-20(29)30)22(31)28-18-9-23(2,3)8-17-16(18)10-26-21(27-17)19-11-24-5-6-25-19/h5-6,10-11,14-15,18H,7-9,12-13H2,1-4H3,(H,28,31)/t14-,15-,18-/m0/s1. The maximum Gasteiger partial charge on any atom is 0.225 e. The number of rotatable bonds is 6. The van der Waals surface area contributed by atoms with Gasteiger partial charge < -0.3 is 15.0 Å². The number of amides is 2. The molecule has 1 aliphatic carbocycles. The highest BCUT2D eigenvalue weighted by atomic mass is 16.5. The summed E-state index contributed by atoms with van der Waals surface area (Å²) in [4.78, 5) is 44.9. The van der Waals surface area contributed by atoms with Gasteiger partial charge in [-0.05, 0) is 25.2 Å². The molecule has 0 unspecified atom stereocenters. The van der Waals surface area contributed by atoms with Crippen LogP contribution in [-0.2, 0) is 20.7 Å². The van der Waals surface area contributed by atoms with Crippen molar-refractivity contribution in [3.63, 3.8) is 0 Å². The Labute approximate surface area is 188 Å². The van der Waals surface area contributed by atoms with Crippen LogP contribution in [0.4, 0.5) is 0 Å². The molecule has 2 aromatic rings. The summed E-state index contributed by atoms with van der Waals surface area (Å²) in [6.45, 7) is 7.16. The molecule has 32 heavy (non-hydrogen) atoms. The number of nitrogens with one attached hydrogen (secondary N) is 1. The Bertz CT molecular complexity index is 996. The van der Waals surface area contributed by atoms with Crippen LogP contribution in [0.15, 0.2) is 24.8 Å². The van der Waals surface area contributed by atoms with Gasteiger partial charge in [-0.1, -0.05) is 13.8 Å². The molecule has 1 fully saturated rings. The van der Waals surface area contributed by atoms with Gasteiger partial charge in [-0.25, -0.2) is 15.0 Å². The molecule has 9 nitrogen and oxygen atoms in total. The van der Waals surface area contributed by atoms with Crippen molar-refractivity contribution in [2.24, 2.45) is 11.3 Å². The number of likely N-dealkylation sites (tertiary alicyclic amines) is 1. The smallest absolute Gasteiger partial charge is 0.225 e. The van der Waals surface area contributed by atoms with E-state index in [0.29, 0.717) is 24.7 Å². The molecule has 4 rings (SSSR count). The topological polar surface area (TPSA) is 110 Å². The molecule has 2 aromatic heterocycles. The summed E-state index contributed by atoms with van der Waals surface area (Å²) in [5.74, 6) is 0.0620. The second-order valence-electron chi connectivity index (χ2n) is 9.54. The minimum absolute atomic E-state index is 0.00369. The number of methoxy groups -OCH3 is 1. The Kier molecular flexibility index (Phi) is 6.19. The Balaban J connectivity index is 1.52. The molecular formula is C23H30N6O3. The maximum absolute atomic E-state index is 13.1. The molecule has 0 bridgehead atoms. The third kappa shape index (κ3) is 4.62. The zero-order valence-corrected chi connectivity index (χ0v) is 19.0. The normalized spacial score (nSPS) is 23.0. The first-order valence-corrected chi connectivity index (χ1v) is 11.0. The molecule has 2 amide bonds. The van der Waals surface area contributed by atoms with Gasteiger partial charge in [0.05, 0.1) is 36.5 Å². The molecule has 1 N–H and O–H groups in total. The fraction of sp³-hybridized carbons (Fsp3) is 0.565.